The molecule has 0 unspecified atom stereocenters. The molecule has 0 fully saturated rings. The van der Waals surface area contributed by atoms with Gasteiger partial charge in [-0.15, -0.1) is 0 Å². The zero-order chi connectivity index (χ0) is 10.8. The van der Waals surface area contributed by atoms with Crippen molar-refractivity contribution >= 4 is 17.4 Å². The van der Waals surface area contributed by atoms with E-state index < -0.39 is 0 Å². The third-order valence-corrected chi connectivity index (χ3v) is 3.26. The molecule has 2 heterocycles. The maximum Gasteiger partial charge on any atom is 0.122 e. The van der Waals surface area contributed by atoms with Gasteiger partial charge in [0.05, 0.1) is 11.4 Å². The molecule has 78 valence electrons. The van der Waals surface area contributed by atoms with E-state index in [0.29, 0.717) is 0 Å². The average molecular weight is 220 g/mol. The number of rotatable bonds is 2. The Morgan fingerprint density at radius 3 is 2.53 bits per heavy atom. The van der Waals surface area contributed by atoms with Crippen LogP contribution in [-0.4, -0.2) is 14.8 Å². The highest BCUT2D eigenvalue weighted by Gasteiger charge is 2.10. The van der Waals surface area contributed by atoms with Gasteiger partial charge in [0.2, 0.25) is 0 Å². The fraction of sp³-hybridized carbons (Fsp3) is 0.200. The van der Waals surface area contributed by atoms with E-state index in [-0.39, 0.29) is 0 Å². The lowest BCUT2D eigenvalue weighted by Gasteiger charge is -2.02. The third kappa shape index (κ3) is 1.97. The first-order chi connectivity index (χ1) is 7.18. The highest BCUT2D eigenvalue weighted by atomic mass is 32.2. The molecule has 0 bridgehead atoms. The lowest BCUT2D eigenvalue weighted by atomic mass is 10.4. The number of nitrogens with zero attached hydrogens (tertiary/aromatic N) is 3. The highest BCUT2D eigenvalue weighted by molar-refractivity contribution is 7.99. The van der Waals surface area contributed by atoms with Crippen molar-refractivity contribution in [2.24, 2.45) is 7.05 Å². The molecule has 0 atom stereocenters. The summed E-state index contributed by atoms with van der Waals surface area (Å²) in [5, 5.41) is 5.23. The molecule has 0 aromatic carbocycles. The molecule has 0 aliphatic carbocycles. The molecular formula is C10H12N4S. The Hall–Kier alpha value is -1.49. The largest absolute Gasteiger partial charge is 0.395 e. The lowest BCUT2D eigenvalue weighted by molar-refractivity contribution is 0.693. The fourth-order valence-corrected chi connectivity index (χ4v) is 2.20. The SMILES string of the molecule is Cc1nn(C)c(Sc2ccncc2)c1N. The first-order valence-electron chi connectivity index (χ1n) is 4.55. The number of aryl methyl sites for hydroxylation is 2. The number of hydrogen-bond acceptors (Lipinski definition) is 4. The monoisotopic (exact) mass is 220 g/mol. The fourth-order valence-electron chi connectivity index (χ4n) is 1.29. The number of nitrogen functional groups attached to an aromatic ring is 1. The predicted octanol–water partition coefficient (Wildman–Crippen LogP) is 1.86. The van der Waals surface area contributed by atoms with E-state index in [2.05, 4.69) is 10.1 Å². The van der Waals surface area contributed by atoms with Gasteiger partial charge < -0.3 is 5.73 Å². The molecule has 0 spiro atoms. The number of anilines is 1. The second-order valence-electron chi connectivity index (χ2n) is 3.21. The van der Waals surface area contributed by atoms with Crippen LogP contribution >= 0.6 is 11.8 Å². The van der Waals surface area contributed by atoms with E-state index in [9.17, 15) is 0 Å². The van der Waals surface area contributed by atoms with Crippen molar-refractivity contribution in [3.63, 3.8) is 0 Å². The Balaban J connectivity index is 2.32. The van der Waals surface area contributed by atoms with Gasteiger partial charge in [0.25, 0.3) is 0 Å². The van der Waals surface area contributed by atoms with Crippen LogP contribution < -0.4 is 5.73 Å². The normalized spacial score (nSPS) is 10.5. The van der Waals surface area contributed by atoms with Gasteiger partial charge in [-0.2, -0.15) is 5.10 Å². The second kappa shape index (κ2) is 3.94. The summed E-state index contributed by atoms with van der Waals surface area (Å²) in [4.78, 5) is 5.08. The molecule has 4 nitrogen and oxygen atoms in total. The van der Waals surface area contributed by atoms with Gasteiger partial charge >= 0.3 is 0 Å². The van der Waals surface area contributed by atoms with Crippen LogP contribution in [0.2, 0.25) is 0 Å². The summed E-state index contributed by atoms with van der Waals surface area (Å²) in [6, 6.07) is 3.90. The molecule has 0 aliphatic heterocycles. The molecule has 2 N–H and O–H groups in total. The van der Waals surface area contributed by atoms with Gasteiger partial charge in [0, 0.05) is 24.3 Å². The van der Waals surface area contributed by atoms with E-state index >= 15 is 0 Å². The Kier molecular flexibility index (Phi) is 2.64. The quantitative estimate of drug-likeness (QED) is 0.839. The van der Waals surface area contributed by atoms with Crippen molar-refractivity contribution in [1.82, 2.24) is 14.8 Å². The Morgan fingerprint density at radius 1 is 1.33 bits per heavy atom. The molecule has 0 saturated heterocycles. The van der Waals surface area contributed by atoms with Gasteiger partial charge in [-0.3, -0.25) is 9.67 Å². The van der Waals surface area contributed by atoms with Crippen LogP contribution in [0.25, 0.3) is 0 Å². The van der Waals surface area contributed by atoms with Crippen LogP contribution in [0.4, 0.5) is 5.69 Å². The van der Waals surface area contributed by atoms with E-state index in [1.165, 1.54) is 0 Å². The van der Waals surface area contributed by atoms with Crippen molar-refractivity contribution in [3.05, 3.63) is 30.2 Å². The Labute approximate surface area is 92.5 Å². The van der Waals surface area contributed by atoms with Crippen LogP contribution in [0, 0.1) is 6.92 Å². The molecule has 2 aromatic rings. The second-order valence-corrected chi connectivity index (χ2v) is 4.28. The minimum Gasteiger partial charge on any atom is -0.395 e. The highest BCUT2D eigenvalue weighted by Crippen LogP contribution is 2.32. The number of pyridine rings is 1. The standard InChI is InChI=1S/C10H12N4S/c1-7-9(11)10(14(2)13-7)15-8-3-5-12-6-4-8/h3-6H,11H2,1-2H3. The predicted molar refractivity (Wildman–Crippen MR) is 60.7 cm³/mol. The van der Waals surface area contributed by atoms with Crippen LogP contribution in [0.5, 0.6) is 0 Å². The van der Waals surface area contributed by atoms with Crippen molar-refractivity contribution in [3.8, 4) is 0 Å². The third-order valence-electron chi connectivity index (χ3n) is 2.08. The molecular weight excluding hydrogens is 208 g/mol. The maximum absolute atomic E-state index is 5.93. The summed E-state index contributed by atoms with van der Waals surface area (Å²) in [6.45, 7) is 1.91. The van der Waals surface area contributed by atoms with Crippen molar-refractivity contribution in [2.75, 3.05) is 5.73 Å². The van der Waals surface area contributed by atoms with E-state index in [4.69, 9.17) is 5.73 Å². The summed E-state index contributed by atoms with van der Waals surface area (Å²) in [6.07, 6.45) is 3.53. The molecule has 2 aromatic heterocycles. The first kappa shape index (κ1) is 10.0. The van der Waals surface area contributed by atoms with Gasteiger partial charge in [-0.25, -0.2) is 0 Å². The molecule has 2 rings (SSSR count). The van der Waals surface area contributed by atoms with Crippen LogP contribution in [0.15, 0.2) is 34.4 Å². The molecule has 0 aliphatic rings. The maximum atomic E-state index is 5.93. The van der Waals surface area contributed by atoms with Crippen molar-refractivity contribution in [1.29, 1.82) is 0 Å². The summed E-state index contributed by atoms with van der Waals surface area (Å²) >= 11 is 1.60. The van der Waals surface area contributed by atoms with Gasteiger partial charge in [-0.05, 0) is 19.1 Å². The Morgan fingerprint density at radius 2 is 2.00 bits per heavy atom. The number of nitrogens with two attached hydrogens (primary N) is 1. The minimum absolute atomic E-state index is 0.749. The molecule has 5 heteroatoms. The van der Waals surface area contributed by atoms with Crippen molar-refractivity contribution < 1.29 is 0 Å². The van der Waals surface area contributed by atoms with Crippen LogP contribution in [-0.2, 0) is 7.05 Å². The summed E-state index contributed by atoms with van der Waals surface area (Å²) < 4.78 is 1.80. The zero-order valence-corrected chi connectivity index (χ0v) is 9.45. The first-order valence-corrected chi connectivity index (χ1v) is 5.37. The number of aromatic nitrogens is 3. The van der Waals surface area contributed by atoms with Crippen LogP contribution in [0.3, 0.4) is 0 Å². The minimum atomic E-state index is 0.749. The average Bonchev–Trinajstić information content (AvgIpc) is 2.47. The topological polar surface area (TPSA) is 56.7 Å². The van der Waals surface area contributed by atoms with Gasteiger partial charge in [-0.1, -0.05) is 11.8 Å². The summed E-state index contributed by atoms with van der Waals surface area (Å²) in [7, 11) is 1.90. The molecule has 0 amide bonds. The molecule has 15 heavy (non-hydrogen) atoms. The van der Waals surface area contributed by atoms with Gasteiger partial charge in [0.1, 0.15) is 5.03 Å². The zero-order valence-electron chi connectivity index (χ0n) is 8.64. The molecule has 0 radical (unpaired) electrons. The number of hydrogen-bond donors (Lipinski definition) is 1. The van der Waals surface area contributed by atoms with E-state index in [1.54, 1.807) is 28.8 Å². The molecule has 0 saturated carbocycles. The van der Waals surface area contributed by atoms with E-state index in [1.807, 2.05) is 26.1 Å². The van der Waals surface area contributed by atoms with Crippen molar-refractivity contribution in [2.45, 2.75) is 16.8 Å². The summed E-state index contributed by atoms with van der Waals surface area (Å²) in [5.74, 6) is 0. The van der Waals surface area contributed by atoms with Gasteiger partial charge in [0.15, 0.2) is 0 Å². The summed E-state index contributed by atoms with van der Waals surface area (Å²) in [5.41, 5.74) is 7.55. The Bertz CT molecular complexity index is 464. The van der Waals surface area contributed by atoms with E-state index in [0.717, 1.165) is 21.3 Å². The lowest BCUT2D eigenvalue weighted by Crippen LogP contribution is -1.93. The van der Waals surface area contributed by atoms with Crippen LogP contribution in [0.1, 0.15) is 5.69 Å². The smallest absolute Gasteiger partial charge is 0.122 e.